The predicted molar refractivity (Wildman–Crippen MR) is 66.3 cm³/mol. The fourth-order valence-electron chi connectivity index (χ4n) is 1.31. The average molecular weight is 282 g/mol. The minimum Gasteiger partial charge on any atom is -0.506 e. The normalized spacial score (nSPS) is 12.4. The maximum absolute atomic E-state index is 12.1. The van der Waals surface area contributed by atoms with Crippen LogP contribution in [0.15, 0.2) is 18.5 Å². The average Bonchev–Trinajstić information content (AvgIpc) is 2.38. The quantitative estimate of drug-likeness (QED) is 0.525. The van der Waals surface area contributed by atoms with Gasteiger partial charge in [-0.05, 0) is 12.8 Å². The Balaban J connectivity index is 3.37. The van der Waals surface area contributed by atoms with Crippen LogP contribution in [-0.2, 0) is 4.79 Å². The summed E-state index contributed by atoms with van der Waals surface area (Å²) in [7, 11) is 0. The zero-order chi connectivity index (χ0) is 15.3. The predicted octanol–water partition coefficient (Wildman–Crippen LogP) is 2.52. The number of aromatic nitrogens is 2. The van der Waals surface area contributed by atoms with Gasteiger partial charge in [0.05, 0.1) is 0 Å². The van der Waals surface area contributed by atoms with Crippen LogP contribution in [0.5, 0.6) is 0 Å². The minimum atomic E-state index is -5.07. The number of ketones is 1. The summed E-state index contributed by atoms with van der Waals surface area (Å²) in [5.41, 5.74) is -0.00242. The summed E-state index contributed by atoms with van der Waals surface area (Å²) < 4.78 is 36.4. The number of carbonyl (C=O) groups excluding carboxylic acids is 1. The van der Waals surface area contributed by atoms with E-state index in [2.05, 4.69) is 15.9 Å². The van der Waals surface area contributed by atoms with Crippen molar-refractivity contribution >= 4 is 17.6 Å². The fraction of sp³-hybridized carbons (Fsp3) is 0.154. The molecule has 0 saturated heterocycles. The molecular formula is C13H9F3N2O2. The summed E-state index contributed by atoms with van der Waals surface area (Å²) in [5, 5.41) is 9.63. The molecule has 1 N–H and O–H groups in total. The number of nitrogens with zero attached hydrogens (tertiary/aromatic N) is 2. The van der Waals surface area contributed by atoms with Crippen molar-refractivity contribution in [2.75, 3.05) is 0 Å². The Kier molecular flexibility index (Phi) is 4.64. The molecule has 20 heavy (non-hydrogen) atoms. The summed E-state index contributed by atoms with van der Waals surface area (Å²) in [6, 6.07) is 0. The first-order valence-corrected chi connectivity index (χ1v) is 5.27. The van der Waals surface area contributed by atoms with E-state index in [1.54, 1.807) is 13.0 Å². The number of aliphatic hydroxyl groups is 1. The molecule has 1 aromatic heterocycles. The number of halogens is 3. The van der Waals surface area contributed by atoms with E-state index in [9.17, 15) is 23.1 Å². The topological polar surface area (TPSA) is 63.1 Å². The molecule has 0 fully saturated rings. The first-order chi connectivity index (χ1) is 9.31. The van der Waals surface area contributed by atoms with Gasteiger partial charge >= 0.3 is 6.18 Å². The van der Waals surface area contributed by atoms with Gasteiger partial charge in [0.1, 0.15) is 23.5 Å². The van der Waals surface area contributed by atoms with E-state index in [1.165, 1.54) is 6.08 Å². The van der Waals surface area contributed by atoms with Crippen molar-refractivity contribution in [3.8, 4) is 12.3 Å². The zero-order valence-electron chi connectivity index (χ0n) is 10.3. The van der Waals surface area contributed by atoms with Crippen molar-refractivity contribution in [1.82, 2.24) is 9.97 Å². The third-order valence-corrected chi connectivity index (χ3v) is 2.14. The van der Waals surface area contributed by atoms with Crippen LogP contribution in [-0.4, -0.2) is 27.0 Å². The van der Waals surface area contributed by atoms with Crippen molar-refractivity contribution in [3.63, 3.8) is 0 Å². The summed E-state index contributed by atoms with van der Waals surface area (Å²) in [4.78, 5) is 18.2. The first kappa shape index (κ1) is 15.4. The lowest BCUT2D eigenvalue weighted by molar-refractivity contribution is -0.165. The van der Waals surface area contributed by atoms with Crippen LogP contribution < -0.4 is 0 Å². The lowest BCUT2D eigenvalue weighted by Gasteiger charge is -2.06. The summed E-state index contributed by atoms with van der Waals surface area (Å²) in [6.45, 7) is 1.64. The highest BCUT2D eigenvalue weighted by Gasteiger charge is 2.37. The molecule has 0 bridgehead atoms. The number of carbonyl (C=O) groups is 1. The fourth-order valence-corrected chi connectivity index (χ4v) is 1.31. The zero-order valence-corrected chi connectivity index (χ0v) is 10.3. The van der Waals surface area contributed by atoms with Crippen molar-refractivity contribution < 1.29 is 23.1 Å². The van der Waals surface area contributed by atoms with Gasteiger partial charge in [-0.1, -0.05) is 12.2 Å². The molecule has 104 valence electrons. The van der Waals surface area contributed by atoms with Gasteiger partial charge in [-0.3, -0.25) is 4.79 Å². The molecule has 0 aromatic carbocycles. The largest absolute Gasteiger partial charge is 0.506 e. The van der Waals surface area contributed by atoms with Crippen LogP contribution in [0, 0.1) is 12.3 Å². The maximum atomic E-state index is 12.1. The van der Waals surface area contributed by atoms with Crippen LogP contribution in [0.1, 0.15) is 23.9 Å². The van der Waals surface area contributed by atoms with Crippen LogP contribution in [0.3, 0.4) is 0 Å². The molecule has 1 heterocycles. The van der Waals surface area contributed by atoms with Gasteiger partial charge in [0.15, 0.2) is 0 Å². The molecule has 1 aromatic rings. The number of terminal acetylenes is 1. The lowest BCUT2D eigenvalue weighted by atomic mass is 10.1. The SMILES string of the molecule is C#Cc1ncnc(C(O)=CC(=O)C(F)(F)F)c1/C=C\C. The van der Waals surface area contributed by atoms with Gasteiger partial charge in [0, 0.05) is 11.6 Å². The molecule has 4 nitrogen and oxygen atoms in total. The molecule has 0 aliphatic heterocycles. The second kappa shape index (κ2) is 6.02. The Morgan fingerprint density at radius 3 is 2.60 bits per heavy atom. The summed E-state index contributed by atoms with van der Waals surface area (Å²) >= 11 is 0. The molecule has 0 amide bonds. The molecule has 0 aliphatic carbocycles. The third-order valence-electron chi connectivity index (χ3n) is 2.14. The highest BCUT2D eigenvalue weighted by atomic mass is 19.4. The van der Waals surface area contributed by atoms with E-state index < -0.39 is 17.7 Å². The highest BCUT2D eigenvalue weighted by Crippen LogP contribution is 2.22. The van der Waals surface area contributed by atoms with E-state index in [1.807, 2.05) is 0 Å². The number of alkyl halides is 3. The number of rotatable bonds is 3. The smallest absolute Gasteiger partial charge is 0.454 e. The Morgan fingerprint density at radius 1 is 1.45 bits per heavy atom. The molecule has 0 radical (unpaired) electrons. The Bertz CT molecular complexity index is 625. The molecule has 7 heteroatoms. The van der Waals surface area contributed by atoms with Crippen molar-refractivity contribution in [2.24, 2.45) is 0 Å². The second-order valence-electron chi connectivity index (χ2n) is 3.52. The van der Waals surface area contributed by atoms with Gasteiger partial charge in [-0.25, -0.2) is 9.97 Å². The van der Waals surface area contributed by atoms with Gasteiger partial charge in [0.25, 0.3) is 5.78 Å². The molecular weight excluding hydrogens is 273 g/mol. The third kappa shape index (κ3) is 3.45. The Hall–Kier alpha value is -2.62. The van der Waals surface area contributed by atoms with Crippen molar-refractivity contribution in [1.29, 1.82) is 0 Å². The van der Waals surface area contributed by atoms with E-state index >= 15 is 0 Å². The summed E-state index contributed by atoms with van der Waals surface area (Å²) in [5.74, 6) is -0.912. The van der Waals surface area contributed by atoms with E-state index in [0.717, 1.165) is 6.33 Å². The van der Waals surface area contributed by atoms with E-state index in [0.29, 0.717) is 0 Å². The lowest BCUT2D eigenvalue weighted by Crippen LogP contribution is -2.20. The van der Waals surface area contributed by atoms with E-state index in [4.69, 9.17) is 6.42 Å². The summed E-state index contributed by atoms with van der Waals surface area (Å²) in [6.07, 6.45) is 4.13. The van der Waals surface area contributed by atoms with Gasteiger partial charge in [0.2, 0.25) is 0 Å². The number of hydrogen-bond donors (Lipinski definition) is 1. The molecule has 0 unspecified atom stereocenters. The van der Waals surface area contributed by atoms with Crippen LogP contribution in [0.2, 0.25) is 0 Å². The monoisotopic (exact) mass is 282 g/mol. The van der Waals surface area contributed by atoms with Crippen LogP contribution >= 0.6 is 0 Å². The first-order valence-electron chi connectivity index (χ1n) is 5.27. The molecule has 0 spiro atoms. The van der Waals surface area contributed by atoms with Crippen LogP contribution in [0.4, 0.5) is 13.2 Å². The van der Waals surface area contributed by atoms with Gasteiger partial charge in [-0.15, -0.1) is 6.42 Å². The number of aliphatic hydroxyl groups excluding tert-OH is 1. The molecule has 0 saturated carbocycles. The van der Waals surface area contributed by atoms with E-state index in [-0.39, 0.29) is 23.0 Å². The van der Waals surface area contributed by atoms with Gasteiger partial charge in [-0.2, -0.15) is 13.2 Å². The molecule has 1 rings (SSSR count). The standard InChI is InChI=1S/C13H9F3N2O2/c1-3-5-8-9(4-2)17-7-18-12(8)10(19)6-11(20)13(14,15)16/h2-3,5-7,19H,1H3/b5-3-,10-6?. The molecule has 0 aliphatic rings. The minimum absolute atomic E-state index is 0.0512. The maximum Gasteiger partial charge on any atom is 0.454 e. The highest BCUT2D eigenvalue weighted by molar-refractivity contribution is 5.99. The Morgan fingerprint density at radius 2 is 2.10 bits per heavy atom. The molecule has 0 atom stereocenters. The number of hydrogen-bond acceptors (Lipinski definition) is 4. The van der Waals surface area contributed by atoms with Crippen LogP contribution in [0.25, 0.3) is 11.8 Å². The second-order valence-corrected chi connectivity index (χ2v) is 3.52. The van der Waals surface area contributed by atoms with Crippen molar-refractivity contribution in [3.05, 3.63) is 35.4 Å². The number of allylic oxidation sites excluding steroid dienone is 2. The van der Waals surface area contributed by atoms with Crippen molar-refractivity contribution in [2.45, 2.75) is 13.1 Å². The Labute approximate surface area is 112 Å². The van der Waals surface area contributed by atoms with Gasteiger partial charge < -0.3 is 5.11 Å².